The van der Waals surface area contributed by atoms with Crippen LogP contribution < -0.4 is 0 Å². The summed E-state index contributed by atoms with van der Waals surface area (Å²) < 4.78 is 0. The topological polar surface area (TPSA) is 20.3 Å². The van der Waals surface area contributed by atoms with E-state index in [-0.39, 0.29) is 5.91 Å². The molecule has 0 N–H and O–H groups in total. The second-order valence-electron chi connectivity index (χ2n) is 4.36. The van der Waals surface area contributed by atoms with Crippen LogP contribution >= 0.6 is 27.7 Å². The Hall–Kier alpha value is -0.480. The summed E-state index contributed by atoms with van der Waals surface area (Å²) in [6.45, 7) is 5.04. The molecule has 1 aromatic rings. The van der Waals surface area contributed by atoms with E-state index in [9.17, 15) is 4.79 Å². The number of alkyl halides is 1. The molecular formula is C15H22BrNOS. The Bertz CT molecular complexity index is 407. The lowest BCUT2D eigenvalue weighted by Crippen LogP contribution is -2.41. The normalized spacial score (nSPS) is 10.8. The van der Waals surface area contributed by atoms with Crippen molar-refractivity contribution in [2.75, 3.05) is 18.1 Å². The molecule has 19 heavy (non-hydrogen) atoms. The fraction of sp³-hybridized carbons (Fsp3) is 0.533. The lowest BCUT2D eigenvalue weighted by Gasteiger charge is -2.30. The first-order valence-electron chi connectivity index (χ1n) is 6.69. The van der Waals surface area contributed by atoms with Crippen molar-refractivity contribution >= 4 is 33.6 Å². The van der Waals surface area contributed by atoms with Crippen LogP contribution in [-0.2, 0) is 0 Å². The van der Waals surface area contributed by atoms with Gasteiger partial charge < -0.3 is 4.90 Å². The maximum Gasteiger partial charge on any atom is 0.255 e. The largest absolute Gasteiger partial charge is 0.335 e. The van der Waals surface area contributed by atoms with Crippen molar-refractivity contribution in [3.05, 3.63) is 29.8 Å². The molecule has 0 spiro atoms. The van der Waals surface area contributed by atoms with Crippen LogP contribution in [0.4, 0.5) is 0 Å². The Morgan fingerprint density at radius 1 is 1.32 bits per heavy atom. The van der Waals surface area contributed by atoms with Crippen molar-refractivity contribution in [2.24, 2.45) is 0 Å². The van der Waals surface area contributed by atoms with Crippen molar-refractivity contribution in [3.63, 3.8) is 0 Å². The van der Waals surface area contributed by atoms with Crippen LogP contribution in [0.25, 0.3) is 0 Å². The Balaban J connectivity index is 3.04. The molecule has 0 aliphatic heterocycles. The summed E-state index contributed by atoms with van der Waals surface area (Å²) in [7, 11) is 0. The molecule has 4 heteroatoms. The third-order valence-corrected chi connectivity index (χ3v) is 4.46. The molecule has 0 aliphatic carbocycles. The van der Waals surface area contributed by atoms with Crippen LogP contribution in [-0.4, -0.2) is 35.0 Å². The van der Waals surface area contributed by atoms with Gasteiger partial charge in [-0.2, -0.15) is 0 Å². The van der Waals surface area contributed by atoms with Gasteiger partial charge in [0, 0.05) is 22.8 Å². The van der Waals surface area contributed by atoms with Crippen molar-refractivity contribution in [3.8, 4) is 0 Å². The highest BCUT2D eigenvalue weighted by Crippen LogP contribution is 2.23. The zero-order valence-corrected chi connectivity index (χ0v) is 14.3. The molecule has 0 saturated heterocycles. The molecule has 1 amide bonds. The van der Waals surface area contributed by atoms with Crippen molar-refractivity contribution in [1.29, 1.82) is 0 Å². The molecular weight excluding hydrogens is 322 g/mol. The van der Waals surface area contributed by atoms with E-state index in [0.717, 1.165) is 35.2 Å². The Morgan fingerprint density at radius 3 is 2.47 bits per heavy atom. The van der Waals surface area contributed by atoms with E-state index in [1.807, 2.05) is 35.4 Å². The maximum absolute atomic E-state index is 12.8. The van der Waals surface area contributed by atoms with Crippen molar-refractivity contribution in [2.45, 2.75) is 37.6 Å². The predicted molar refractivity (Wildman–Crippen MR) is 87.4 cm³/mol. The lowest BCUT2D eigenvalue weighted by molar-refractivity contribution is 0.0679. The molecule has 0 fully saturated rings. The zero-order chi connectivity index (χ0) is 14.3. The highest BCUT2D eigenvalue weighted by molar-refractivity contribution is 9.09. The van der Waals surface area contributed by atoms with Crippen LogP contribution in [0.15, 0.2) is 29.2 Å². The quantitative estimate of drug-likeness (QED) is 0.539. The van der Waals surface area contributed by atoms with Crippen LogP contribution in [0.3, 0.4) is 0 Å². The fourth-order valence-electron chi connectivity index (χ4n) is 2.25. The number of halogens is 1. The van der Waals surface area contributed by atoms with Gasteiger partial charge >= 0.3 is 0 Å². The van der Waals surface area contributed by atoms with Gasteiger partial charge in [-0.25, -0.2) is 0 Å². The van der Waals surface area contributed by atoms with Gasteiger partial charge in [0.15, 0.2) is 0 Å². The molecule has 0 aliphatic rings. The van der Waals surface area contributed by atoms with Crippen LogP contribution in [0.2, 0.25) is 0 Å². The summed E-state index contributed by atoms with van der Waals surface area (Å²) in [5, 5.41) is 0.816. The third kappa shape index (κ3) is 4.25. The number of hydrogen-bond acceptors (Lipinski definition) is 2. The van der Waals surface area contributed by atoms with E-state index in [2.05, 4.69) is 29.8 Å². The van der Waals surface area contributed by atoms with Gasteiger partial charge in [-0.05, 0) is 31.2 Å². The minimum Gasteiger partial charge on any atom is -0.335 e. The van der Waals surface area contributed by atoms with Gasteiger partial charge in [0.25, 0.3) is 5.91 Å². The number of amides is 1. The number of nitrogens with zero attached hydrogens (tertiary/aromatic N) is 1. The van der Waals surface area contributed by atoms with Crippen molar-refractivity contribution in [1.82, 2.24) is 4.90 Å². The molecule has 0 saturated carbocycles. The SMILES string of the molecule is CCC(CC)N(CCBr)C(=O)c1ccccc1SC. The average molecular weight is 344 g/mol. The molecule has 0 unspecified atom stereocenters. The van der Waals surface area contributed by atoms with E-state index >= 15 is 0 Å². The highest BCUT2D eigenvalue weighted by Gasteiger charge is 2.23. The van der Waals surface area contributed by atoms with Crippen molar-refractivity contribution < 1.29 is 4.79 Å². The summed E-state index contributed by atoms with van der Waals surface area (Å²) in [6.07, 6.45) is 4.01. The summed E-state index contributed by atoms with van der Waals surface area (Å²) in [5.41, 5.74) is 0.822. The smallest absolute Gasteiger partial charge is 0.255 e. The van der Waals surface area contributed by atoms with Gasteiger partial charge in [0.2, 0.25) is 0 Å². The Kier molecular flexibility index (Phi) is 7.54. The lowest BCUT2D eigenvalue weighted by atomic mass is 10.1. The van der Waals surface area contributed by atoms with E-state index in [1.165, 1.54) is 0 Å². The van der Waals surface area contributed by atoms with Gasteiger partial charge in [-0.15, -0.1) is 11.8 Å². The van der Waals surface area contributed by atoms with Gasteiger partial charge in [-0.3, -0.25) is 4.79 Å². The Morgan fingerprint density at radius 2 is 1.95 bits per heavy atom. The minimum absolute atomic E-state index is 0.151. The molecule has 0 atom stereocenters. The number of benzene rings is 1. The number of thioether (sulfide) groups is 1. The number of carbonyl (C=O) groups excluding carboxylic acids is 1. The van der Waals surface area contributed by atoms with Gasteiger partial charge in [0.05, 0.1) is 5.56 Å². The first-order chi connectivity index (χ1) is 9.19. The summed E-state index contributed by atoms with van der Waals surface area (Å²) >= 11 is 5.08. The van der Waals surface area contributed by atoms with Crippen LogP contribution in [0, 0.1) is 0 Å². The summed E-state index contributed by atoms with van der Waals surface area (Å²) in [4.78, 5) is 15.8. The predicted octanol–water partition coefficient (Wildman–Crippen LogP) is 4.43. The monoisotopic (exact) mass is 343 g/mol. The number of hydrogen-bond donors (Lipinski definition) is 0. The molecule has 0 bridgehead atoms. The second-order valence-corrected chi connectivity index (χ2v) is 6.00. The van der Waals surface area contributed by atoms with Gasteiger partial charge in [0.1, 0.15) is 0 Å². The number of rotatable bonds is 7. The van der Waals surface area contributed by atoms with E-state index < -0.39 is 0 Å². The third-order valence-electron chi connectivity index (χ3n) is 3.31. The standard InChI is InChI=1S/C15H22BrNOS/c1-4-12(5-2)17(11-10-16)15(18)13-8-6-7-9-14(13)19-3/h6-9,12H,4-5,10-11H2,1-3H3. The molecule has 106 valence electrons. The first kappa shape index (κ1) is 16.6. The minimum atomic E-state index is 0.151. The second kappa shape index (κ2) is 8.64. The van der Waals surface area contributed by atoms with Crippen LogP contribution in [0.5, 0.6) is 0 Å². The molecule has 1 aromatic carbocycles. The number of carbonyl (C=O) groups is 1. The van der Waals surface area contributed by atoms with Crippen LogP contribution in [0.1, 0.15) is 37.0 Å². The molecule has 0 aromatic heterocycles. The highest BCUT2D eigenvalue weighted by atomic mass is 79.9. The van der Waals surface area contributed by atoms with E-state index in [0.29, 0.717) is 6.04 Å². The summed E-state index contributed by atoms with van der Waals surface area (Å²) in [5.74, 6) is 0.151. The van der Waals surface area contributed by atoms with E-state index in [1.54, 1.807) is 11.8 Å². The first-order valence-corrected chi connectivity index (χ1v) is 9.04. The zero-order valence-electron chi connectivity index (χ0n) is 11.9. The average Bonchev–Trinajstić information content (AvgIpc) is 2.46. The molecule has 0 radical (unpaired) electrons. The molecule has 2 nitrogen and oxygen atoms in total. The van der Waals surface area contributed by atoms with Gasteiger partial charge in [-0.1, -0.05) is 41.9 Å². The molecule has 0 heterocycles. The summed E-state index contributed by atoms with van der Waals surface area (Å²) in [6, 6.07) is 8.18. The molecule has 1 rings (SSSR count). The Labute approximate surface area is 129 Å². The maximum atomic E-state index is 12.8. The fourth-order valence-corrected chi connectivity index (χ4v) is 3.22. The van der Waals surface area contributed by atoms with E-state index in [4.69, 9.17) is 0 Å².